The van der Waals surface area contributed by atoms with Crippen LogP contribution in [0.1, 0.15) is 17.0 Å². The molecule has 0 aliphatic carbocycles. The Balaban J connectivity index is 2.27. The van der Waals surface area contributed by atoms with Crippen molar-refractivity contribution in [1.29, 1.82) is 0 Å². The van der Waals surface area contributed by atoms with Crippen LogP contribution in [-0.2, 0) is 0 Å². The average Bonchev–Trinajstić information content (AvgIpc) is 2.02. The van der Waals surface area contributed by atoms with Gasteiger partial charge >= 0.3 is 0 Å². The molecule has 0 saturated carbocycles. The Morgan fingerprint density at radius 3 is 2.83 bits per heavy atom. The Morgan fingerprint density at radius 1 is 1.42 bits per heavy atom. The van der Waals surface area contributed by atoms with Gasteiger partial charge in [-0.05, 0) is 17.7 Å². The second-order valence-corrected chi connectivity index (χ2v) is 3.12. The molecule has 0 spiro atoms. The Morgan fingerprint density at radius 2 is 2.25 bits per heavy atom. The summed E-state index contributed by atoms with van der Waals surface area (Å²) in [5, 5.41) is 3.25. The maximum atomic E-state index is 5.31. The van der Waals surface area contributed by atoms with E-state index in [2.05, 4.69) is 23.4 Å². The zero-order valence-corrected chi connectivity index (χ0v) is 6.88. The van der Waals surface area contributed by atoms with Gasteiger partial charge in [0.25, 0.3) is 0 Å². The van der Waals surface area contributed by atoms with Crippen LogP contribution in [0.2, 0.25) is 0 Å². The van der Waals surface area contributed by atoms with Gasteiger partial charge < -0.3 is 5.32 Å². The molecule has 1 aromatic carbocycles. The van der Waals surface area contributed by atoms with Crippen LogP contribution >= 0.6 is 0 Å². The van der Waals surface area contributed by atoms with Gasteiger partial charge in [0, 0.05) is 24.6 Å². The van der Waals surface area contributed by atoms with E-state index in [1.807, 2.05) is 12.1 Å². The Kier molecular flexibility index (Phi) is 1.85. The van der Waals surface area contributed by atoms with Crippen LogP contribution in [0.25, 0.3) is 0 Å². The van der Waals surface area contributed by atoms with E-state index in [-0.39, 0.29) is 0 Å². The van der Waals surface area contributed by atoms with Crippen molar-refractivity contribution < 1.29 is 0 Å². The predicted octanol–water partition coefficient (Wildman–Crippen LogP) is 1.35. The lowest BCUT2D eigenvalue weighted by Gasteiger charge is -2.27. The maximum absolute atomic E-state index is 5.31. The third kappa shape index (κ3) is 1.22. The summed E-state index contributed by atoms with van der Waals surface area (Å²) in [4.78, 5) is 0. The maximum Gasteiger partial charge on any atom is 0.0245 e. The smallest absolute Gasteiger partial charge is 0.0245 e. The van der Waals surface area contributed by atoms with Gasteiger partial charge in [0.15, 0.2) is 0 Å². The van der Waals surface area contributed by atoms with Gasteiger partial charge in [0.2, 0.25) is 0 Å². The minimum atomic E-state index is 0.679. The van der Waals surface area contributed by atoms with E-state index in [1.165, 1.54) is 5.56 Å². The van der Waals surface area contributed by atoms with Crippen molar-refractivity contribution in [1.82, 2.24) is 5.32 Å². The molecule has 0 aromatic heterocycles. The van der Waals surface area contributed by atoms with Crippen molar-refractivity contribution in [3.05, 3.63) is 35.4 Å². The van der Waals surface area contributed by atoms with E-state index in [0.29, 0.717) is 5.92 Å². The van der Waals surface area contributed by atoms with Gasteiger partial charge in [-0.3, -0.25) is 0 Å². The molecule has 0 unspecified atom stereocenters. The van der Waals surface area contributed by atoms with E-state index in [9.17, 15) is 0 Å². The summed E-state index contributed by atoms with van der Waals surface area (Å²) in [5.74, 6) is 3.33. The van der Waals surface area contributed by atoms with Crippen LogP contribution in [-0.4, -0.2) is 13.1 Å². The molecule has 2 rings (SSSR count). The molecule has 1 saturated heterocycles. The van der Waals surface area contributed by atoms with Crippen molar-refractivity contribution >= 4 is 0 Å². The predicted molar refractivity (Wildman–Crippen MR) is 50.0 cm³/mol. The van der Waals surface area contributed by atoms with Crippen LogP contribution in [0.5, 0.6) is 0 Å². The van der Waals surface area contributed by atoms with Crippen molar-refractivity contribution in [2.24, 2.45) is 0 Å². The first-order chi connectivity index (χ1) is 5.90. The summed E-state index contributed by atoms with van der Waals surface area (Å²) in [7, 11) is 0. The molecule has 1 N–H and O–H groups in total. The molecule has 0 atom stereocenters. The molecule has 1 heteroatoms. The molecule has 12 heavy (non-hydrogen) atoms. The van der Waals surface area contributed by atoms with E-state index in [0.717, 1.165) is 18.7 Å². The second-order valence-electron chi connectivity index (χ2n) is 3.12. The third-order valence-corrected chi connectivity index (χ3v) is 2.31. The molecule has 1 fully saturated rings. The molecule has 1 heterocycles. The van der Waals surface area contributed by atoms with Gasteiger partial charge in [-0.2, -0.15) is 0 Å². The van der Waals surface area contributed by atoms with Gasteiger partial charge in [0.1, 0.15) is 0 Å². The van der Waals surface area contributed by atoms with Crippen LogP contribution < -0.4 is 5.32 Å². The molecule has 1 aliphatic heterocycles. The molecule has 0 radical (unpaired) electrons. The highest BCUT2D eigenvalue weighted by molar-refractivity contribution is 5.37. The molecule has 60 valence electrons. The highest BCUT2D eigenvalue weighted by Gasteiger charge is 2.18. The summed E-state index contributed by atoms with van der Waals surface area (Å²) < 4.78 is 0. The average molecular weight is 157 g/mol. The Labute approximate surface area is 72.8 Å². The first kappa shape index (κ1) is 7.39. The number of hydrogen-bond donors (Lipinski definition) is 1. The first-order valence-corrected chi connectivity index (χ1v) is 4.17. The Hall–Kier alpha value is -1.26. The number of hydrogen-bond acceptors (Lipinski definition) is 1. The zero-order chi connectivity index (χ0) is 8.39. The summed E-state index contributed by atoms with van der Waals surface area (Å²) >= 11 is 0. The topological polar surface area (TPSA) is 12.0 Å². The first-order valence-electron chi connectivity index (χ1n) is 4.17. The minimum absolute atomic E-state index is 0.679. The van der Waals surface area contributed by atoms with E-state index in [1.54, 1.807) is 0 Å². The number of terminal acetylenes is 1. The fourth-order valence-electron chi connectivity index (χ4n) is 1.41. The van der Waals surface area contributed by atoms with E-state index in [4.69, 9.17) is 6.42 Å². The van der Waals surface area contributed by atoms with E-state index < -0.39 is 0 Å². The minimum Gasteiger partial charge on any atom is -0.315 e. The van der Waals surface area contributed by atoms with Crippen LogP contribution in [0.4, 0.5) is 0 Å². The van der Waals surface area contributed by atoms with Gasteiger partial charge in [-0.25, -0.2) is 0 Å². The lowest BCUT2D eigenvalue weighted by Crippen LogP contribution is -2.39. The van der Waals surface area contributed by atoms with Crippen molar-refractivity contribution in [3.8, 4) is 12.3 Å². The normalized spacial score (nSPS) is 16.6. The third-order valence-electron chi connectivity index (χ3n) is 2.31. The van der Waals surface area contributed by atoms with Gasteiger partial charge in [-0.1, -0.05) is 18.1 Å². The molecule has 1 aromatic rings. The zero-order valence-electron chi connectivity index (χ0n) is 6.88. The fraction of sp³-hybridized carbons (Fsp3) is 0.273. The van der Waals surface area contributed by atoms with Crippen molar-refractivity contribution in [2.75, 3.05) is 13.1 Å². The summed E-state index contributed by atoms with van der Waals surface area (Å²) in [6.45, 7) is 2.18. The molecule has 1 nitrogen and oxygen atoms in total. The number of rotatable bonds is 1. The molecular weight excluding hydrogens is 146 g/mol. The molecule has 1 aliphatic rings. The van der Waals surface area contributed by atoms with Crippen LogP contribution in [0.15, 0.2) is 24.3 Å². The molecule has 0 amide bonds. The highest BCUT2D eigenvalue weighted by atomic mass is 14.9. The number of nitrogens with one attached hydrogen (secondary N) is 1. The fourth-order valence-corrected chi connectivity index (χ4v) is 1.41. The van der Waals surface area contributed by atoms with Gasteiger partial charge in [-0.15, -0.1) is 6.42 Å². The standard InChI is InChI=1S/C11H11N/c1-2-9-4-3-5-10(6-9)11-7-12-8-11/h1,3-6,11-12H,7-8H2. The summed E-state index contributed by atoms with van der Waals surface area (Å²) in [6.07, 6.45) is 5.31. The molecule has 0 bridgehead atoms. The van der Waals surface area contributed by atoms with Crippen molar-refractivity contribution in [2.45, 2.75) is 5.92 Å². The van der Waals surface area contributed by atoms with Crippen LogP contribution in [0, 0.1) is 12.3 Å². The quantitative estimate of drug-likeness (QED) is 0.607. The van der Waals surface area contributed by atoms with Crippen molar-refractivity contribution in [3.63, 3.8) is 0 Å². The monoisotopic (exact) mass is 157 g/mol. The Bertz CT molecular complexity index is 318. The highest BCUT2D eigenvalue weighted by Crippen LogP contribution is 2.19. The molecular formula is C11H11N. The second kappa shape index (κ2) is 3.00. The SMILES string of the molecule is C#Cc1cccc(C2CNC2)c1. The largest absolute Gasteiger partial charge is 0.315 e. The lowest BCUT2D eigenvalue weighted by molar-refractivity contribution is 0.448. The summed E-state index contributed by atoms with van der Waals surface area (Å²) in [5.41, 5.74) is 2.35. The van der Waals surface area contributed by atoms with E-state index >= 15 is 0 Å². The summed E-state index contributed by atoms with van der Waals surface area (Å²) in [6, 6.07) is 8.25. The van der Waals surface area contributed by atoms with Crippen LogP contribution in [0.3, 0.4) is 0 Å². The number of benzene rings is 1. The van der Waals surface area contributed by atoms with Gasteiger partial charge in [0.05, 0.1) is 0 Å². The lowest BCUT2D eigenvalue weighted by atomic mass is 9.93.